The SMILES string of the molecule is CCc1cc(C(C)(c2ccc(Nc3ccccc3)c(CC(=O)c3ccc(C(C)(c4ccc(C(C)=O)cc4)C(F)(F)F)cc3)c2)C(F)(F)F)ccc1Nc1ccccc1. The van der Waals surface area contributed by atoms with E-state index in [4.69, 9.17) is 0 Å². The molecule has 0 aliphatic rings. The van der Waals surface area contributed by atoms with Gasteiger partial charge in [-0.05, 0) is 97.0 Å². The van der Waals surface area contributed by atoms with E-state index >= 15 is 13.2 Å². The maximum atomic E-state index is 15.5. The minimum Gasteiger partial charge on any atom is -0.355 e. The molecule has 2 N–H and O–H groups in total. The summed E-state index contributed by atoms with van der Waals surface area (Å²) in [6.07, 6.45) is -9.38. The number of halogens is 6. The van der Waals surface area contributed by atoms with Gasteiger partial charge in [-0.25, -0.2) is 0 Å². The van der Waals surface area contributed by atoms with Gasteiger partial charge < -0.3 is 10.6 Å². The molecule has 0 radical (unpaired) electrons. The lowest BCUT2D eigenvalue weighted by molar-refractivity contribution is -0.173. The van der Waals surface area contributed by atoms with Crippen molar-refractivity contribution in [2.75, 3.05) is 10.6 Å². The van der Waals surface area contributed by atoms with Gasteiger partial charge in [0.05, 0.1) is 0 Å². The lowest BCUT2D eigenvalue weighted by atomic mass is 9.74. The van der Waals surface area contributed by atoms with Crippen LogP contribution >= 0.6 is 0 Å². The lowest BCUT2D eigenvalue weighted by Crippen LogP contribution is -2.41. The van der Waals surface area contributed by atoms with Gasteiger partial charge in [-0.15, -0.1) is 0 Å². The van der Waals surface area contributed by atoms with Crippen molar-refractivity contribution in [1.82, 2.24) is 0 Å². The van der Waals surface area contributed by atoms with Crippen molar-refractivity contribution in [3.05, 3.63) is 190 Å². The van der Waals surface area contributed by atoms with E-state index in [9.17, 15) is 22.8 Å². The first-order valence-electron chi connectivity index (χ1n) is 18.8. The summed E-state index contributed by atoms with van der Waals surface area (Å²) in [6.45, 7) is 5.36. The first kappa shape index (κ1) is 41.5. The van der Waals surface area contributed by atoms with Crippen molar-refractivity contribution >= 4 is 34.3 Å². The number of nitrogens with one attached hydrogen (secondary N) is 2. The fourth-order valence-electron chi connectivity index (χ4n) is 7.14. The van der Waals surface area contributed by atoms with Crippen LogP contribution in [0.25, 0.3) is 0 Å². The van der Waals surface area contributed by atoms with Crippen LogP contribution in [0.1, 0.15) is 81.8 Å². The van der Waals surface area contributed by atoms with Gasteiger partial charge in [0.2, 0.25) is 0 Å². The first-order valence-corrected chi connectivity index (χ1v) is 18.8. The number of para-hydroxylation sites is 2. The molecular formula is C48H42F6N2O2. The summed E-state index contributed by atoms with van der Waals surface area (Å²) >= 11 is 0. The molecular weight excluding hydrogens is 751 g/mol. The van der Waals surface area contributed by atoms with Gasteiger partial charge in [-0.3, -0.25) is 9.59 Å². The van der Waals surface area contributed by atoms with Crippen LogP contribution in [0.4, 0.5) is 49.1 Å². The summed E-state index contributed by atoms with van der Waals surface area (Å²) in [7, 11) is 0. The Morgan fingerprint density at radius 2 is 0.879 bits per heavy atom. The topological polar surface area (TPSA) is 58.2 Å². The number of Topliss-reactive ketones (excluding diaryl/α,β-unsaturated/α-hetero) is 2. The first-order chi connectivity index (χ1) is 27.4. The second-order valence-electron chi connectivity index (χ2n) is 14.6. The maximum Gasteiger partial charge on any atom is 0.402 e. The van der Waals surface area contributed by atoms with Crippen molar-refractivity contribution < 1.29 is 35.9 Å². The quantitative estimate of drug-likeness (QED) is 0.0903. The van der Waals surface area contributed by atoms with Crippen molar-refractivity contribution in [1.29, 1.82) is 0 Å². The highest BCUT2D eigenvalue weighted by atomic mass is 19.4. The summed E-state index contributed by atoms with van der Waals surface area (Å²) in [5.74, 6) is -0.784. The number of carbonyl (C=O) groups is 2. The molecule has 6 rings (SSSR count). The number of alkyl halides is 6. The summed E-state index contributed by atoms with van der Waals surface area (Å²) in [5.41, 5.74) is -1.39. The second-order valence-corrected chi connectivity index (χ2v) is 14.6. The zero-order valence-corrected chi connectivity index (χ0v) is 32.4. The van der Waals surface area contributed by atoms with Crippen LogP contribution in [0.3, 0.4) is 0 Å². The molecule has 0 aromatic heterocycles. The Kier molecular flexibility index (Phi) is 11.7. The van der Waals surface area contributed by atoms with Gasteiger partial charge in [0.1, 0.15) is 10.8 Å². The third-order valence-electron chi connectivity index (χ3n) is 11.0. The van der Waals surface area contributed by atoms with Crippen LogP contribution in [0.15, 0.2) is 146 Å². The Morgan fingerprint density at radius 1 is 0.500 bits per heavy atom. The summed E-state index contributed by atoms with van der Waals surface area (Å²) in [6, 6.07) is 37.6. The van der Waals surface area contributed by atoms with Gasteiger partial charge >= 0.3 is 12.4 Å². The van der Waals surface area contributed by atoms with Crippen molar-refractivity contribution in [3.63, 3.8) is 0 Å². The number of aryl methyl sites for hydroxylation is 1. The Balaban J connectivity index is 1.38. The maximum absolute atomic E-state index is 15.5. The van der Waals surface area contributed by atoms with Crippen LogP contribution in [0.2, 0.25) is 0 Å². The molecule has 0 aliphatic heterocycles. The van der Waals surface area contributed by atoms with Crippen molar-refractivity contribution in [2.24, 2.45) is 0 Å². The highest BCUT2D eigenvalue weighted by Crippen LogP contribution is 2.49. The summed E-state index contributed by atoms with van der Waals surface area (Å²) < 4.78 is 90.7. The van der Waals surface area contributed by atoms with Crippen LogP contribution in [-0.4, -0.2) is 23.9 Å². The number of rotatable bonds is 13. The largest absolute Gasteiger partial charge is 0.402 e. The van der Waals surface area contributed by atoms with E-state index in [0.29, 0.717) is 29.0 Å². The molecule has 298 valence electrons. The zero-order chi connectivity index (χ0) is 41.9. The van der Waals surface area contributed by atoms with Gasteiger partial charge in [0, 0.05) is 40.3 Å². The molecule has 10 heteroatoms. The molecule has 0 saturated carbocycles. The standard InChI is InChI=1S/C48H42F6N2O2/c1-5-32-28-38(24-26-42(32)55-40-12-8-6-9-13-40)46(4,48(52,53)54)39-25-27-43(56-41-14-10-7-11-15-41)35(29-39)30-44(58)34-18-22-37(23-19-34)45(3,47(49,50)51)36-20-16-33(17-21-36)31(2)57/h6-29,55-56H,5,30H2,1-4H3. The molecule has 58 heavy (non-hydrogen) atoms. The van der Waals surface area contributed by atoms with Crippen LogP contribution < -0.4 is 10.6 Å². The van der Waals surface area contributed by atoms with E-state index in [1.807, 2.05) is 43.3 Å². The molecule has 6 aromatic rings. The van der Waals surface area contributed by atoms with E-state index < -0.39 is 29.0 Å². The molecule has 4 nitrogen and oxygen atoms in total. The molecule has 2 atom stereocenters. The molecule has 0 amide bonds. The summed E-state index contributed by atoms with van der Waals surface area (Å²) in [4.78, 5) is 25.7. The second kappa shape index (κ2) is 16.4. The van der Waals surface area contributed by atoms with E-state index in [-0.39, 0.29) is 51.1 Å². The molecule has 0 bridgehead atoms. The molecule has 0 fully saturated rings. The number of ketones is 2. The Hall–Kier alpha value is -6.16. The number of carbonyl (C=O) groups excluding carboxylic acids is 2. The van der Waals surface area contributed by atoms with Gasteiger partial charge in [0.25, 0.3) is 0 Å². The van der Waals surface area contributed by atoms with Gasteiger partial charge in [-0.1, -0.05) is 116 Å². The average molecular weight is 793 g/mol. The molecule has 0 aliphatic carbocycles. The highest BCUT2D eigenvalue weighted by Gasteiger charge is 2.54. The fourth-order valence-corrected chi connectivity index (χ4v) is 7.14. The predicted octanol–water partition coefficient (Wildman–Crippen LogP) is 13.1. The number of hydrogen-bond acceptors (Lipinski definition) is 4. The molecule has 2 unspecified atom stereocenters. The monoisotopic (exact) mass is 792 g/mol. The van der Waals surface area contributed by atoms with E-state index in [1.165, 1.54) is 79.7 Å². The minimum atomic E-state index is -4.75. The van der Waals surface area contributed by atoms with E-state index in [0.717, 1.165) is 19.5 Å². The van der Waals surface area contributed by atoms with Crippen LogP contribution in [0, 0.1) is 0 Å². The number of anilines is 4. The third kappa shape index (κ3) is 8.28. The molecule has 0 spiro atoms. The Morgan fingerprint density at radius 3 is 1.29 bits per heavy atom. The van der Waals surface area contributed by atoms with E-state index in [1.54, 1.807) is 36.4 Å². The van der Waals surface area contributed by atoms with Gasteiger partial charge in [0.15, 0.2) is 11.6 Å². The average Bonchev–Trinajstić information content (AvgIpc) is 3.21. The molecule has 0 saturated heterocycles. The lowest BCUT2D eigenvalue weighted by Gasteiger charge is -2.34. The zero-order valence-electron chi connectivity index (χ0n) is 32.4. The third-order valence-corrected chi connectivity index (χ3v) is 11.0. The van der Waals surface area contributed by atoms with Crippen molar-refractivity contribution in [3.8, 4) is 0 Å². The minimum absolute atomic E-state index is 0.0238. The highest BCUT2D eigenvalue weighted by molar-refractivity contribution is 5.98. The fraction of sp³-hybridized carbons (Fsp3) is 0.208. The smallest absolute Gasteiger partial charge is 0.355 e. The van der Waals surface area contributed by atoms with E-state index in [2.05, 4.69) is 10.6 Å². The predicted molar refractivity (Wildman–Crippen MR) is 218 cm³/mol. The van der Waals surface area contributed by atoms with Crippen molar-refractivity contribution in [2.45, 2.75) is 63.7 Å². The molecule has 6 aromatic carbocycles. The number of hydrogen-bond donors (Lipinski definition) is 2. The van der Waals surface area contributed by atoms with Gasteiger partial charge in [-0.2, -0.15) is 26.3 Å². The number of benzene rings is 6. The van der Waals surface area contributed by atoms with Crippen LogP contribution in [0.5, 0.6) is 0 Å². The molecule has 0 heterocycles. The normalized spacial score (nSPS) is 13.9. The Labute approximate surface area is 334 Å². The Bertz CT molecular complexity index is 2390. The summed E-state index contributed by atoms with van der Waals surface area (Å²) in [5, 5.41) is 6.52. The van der Waals surface area contributed by atoms with Crippen LogP contribution in [-0.2, 0) is 23.7 Å².